The minimum absolute atomic E-state index is 0.0266. The van der Waals surface area contributed by atoms with Crippen molar-refractivity contribution < 1.29 is 17.6 Å². The summed E-state index contributed by atoms with van der Waals surface area (Å²) in [7, 11) is -3.62. The summed E-state index contributed by atoms with van der Waals surface area (Å²) in [6.07, 6.45) is 1.02. The molecule has 0 saturated carbocycles. The molecule has 5 nitrogen and oxygen atoms in total. The zero-order valence-electron chi connectivity index (χ0n) is 13.8. The van der Waals surface area contributed by atoms with E-state index >= 15 is 0 Å². The maximum absolute atomic E-state index is 13.0. The van der Waals surface area contributed by atoms with Crippen molar-refractivity contribution in [2.75, 3.05) is 18.1 Å². The Balaban J connectivity index is 2.09. The number of hydrogen-bond acceptors (Lipinski definition) is 3. The number of amides is 1. The van der Waals surface area contributed by atoms with E-state index in [1.54, 1.807) is 18.2 Å². The minimum Gasteiger partial charge on any atom is -0.325 e. The van der Waals surface area contributed by atoms with Gasteiger partial charge in [-0.15, -0.1) is 0 Å². The molecular formula is C17H18ClFN2O3S. The first-order valence-corrected chi connectivity index (χ1v) is 9.63. The first-order valence-electron chi connectivity index (χ1n) is 7.41. The summed E-state index contributed by atoms with van der Waals surface area (Å²) in [6, 6.07) is 10.5. The van der Waals surface area contributed by atoms with E-state index in [0.717, 1.165) is 16.1 Å². The Hall–Kier alpha value is -1.96. The number of hydrogen-bond donors (Lipinski definition) is 1. The standard InChI is InChI=1S/C17H18ClFN2O3S/c1-12-3-8-15(9-16(12)18)20-17(22)11-21(25(2,23)24)10-13-4-6-14(19)7-5-13/h3-9H,10-11H2,1-2H3,(H,20,22). The van der Waals surface area contributed by atoms with Gasteiger partial charge in [0.05, 0.1) is 12.8 Å². The molecule has 0 aromatic heterocycles. The highest BCUT2D eigenvalue weighted by Gasteiger charge is 2.20. The fourth-order valence-corrected chi connectivity index (χ4v) is 3.03. The summed E-state index contributed by atoms with van der Waals surface area (Å²) in [6.45, 7) is 1.45. The van der Waals surface area contributed by atoms with Crippen LogP contribution in [0.25, 0.3) is 0 Å². The molecule has 0 aliphatic heterocycles. The van der Waals surface area contributed by atoms with Crippen molar-refractivity contribution in [2.24, 2.45) is 0 Å². The van der Waals surface area contributed by atoms with Crippen LogP contribution in [-0.2, 0) is 21.4 Å². The molecule has 1 amide bonds. The van der Waals surface area contributed by atoms with Crippen LogP contribution < -0.4 is 5.32 Å². The second-order valence-corrected chi connectivity index (χ2v) is 8.06. The topological polar surface area (TPSA) is 66.5 Å². The van der Waals surface area contributed by atoms with E-state index in [1.165, 1.54) is 24.3 Å². The maximum Gasteiger partial charge on any atom is 0.239 e. The van der Waals surface area contributed by atoms with Crippen LogP contribution in [0.15, 0.2) is 42.5 Å². The van der Waals surface area contributed by atoms with E-state index < -0.39 is 21.7 Å². The Labute approximate surface area is 151 Å². The fraction of sp³-hybridized carbons (Fsp3) is 0.235. The van der Waals surface area contributed by atoms with Gasteiger partial charge < -0.3 is 5.32 Å². The van der Waals surface area contributed by atoms with E-state index in [-0.39, 0.29) is 13.1 Å². The summed E-state index contributed by atoms with van der Waals surface area (Å²) < 4.78 is 37.9. The quantitative estimate of drug-likeness (QED) is 0.831. The lowest BCUT2D eigenvalue weighted by atomic mass is 10.2. The molecule has 0 aliphatic rings. The lowest BCUT2D eigenvalue weighted by Gasteiger charge is -2.19. The van der Waals surface area contributed by atoms with Gasteiger partial charge in [0.1, 0.15) is 5.82 Å². The van der Waals surface area contributed by atoms with Crippen molar-refractivity contribution >= 4 is 33.2 Å². The lowest BCUT2D eigenvalue weighted by Crippen LogP contribution is -2.36. The first kappa shape index (κ1) is 19.4. The highest BCUT2D eigenvalue weighted by Crippen LogP contribution is 2.20. The molecule has 0 saturated heterocycles. The Morgan fingerprint density at radius 1 is 1.20 bits per heavy atom. The number of nitrogens with zero attached hydrogens (tertiary/aromatic N) is 1. The van der Waals surface area contributed by atoms with Gasteiger partial charge in [-0.05, 0) is 42.3 Å². The zero-order chi connectivity index (χ0) is 18.6. The van der Waals surface area contributed by atoms with Gasteiger partial charge in [-0.25, -0.2) is 12.8 Å². The average molecular weight is 385 g/mol. The molecule has 2 aromatic rings. The molecule has 1 N–H and O–H groups in total. The smallest absolute Gasteiger partial charge is 0.239 e. The van der Waals surface area contributed by atoms with Crippen molar-refractivity contribution in [2.45, 2.75) is 13.5 Å². The number of anilines is 1. The van der Waals surface area contributed by atoms with Gasteiger partial charge >= 0.3 is 0 Å². The number of halogens is 2. The van der Waals surface area contributed by atoms with Gasteiger partial charge in [0.15, 0.2) is 0 Å². The van der Waals surface area contributed by atoms with Crippen LogP contribution >= 0.6 is 11.6 Å². The Morgan fingerprint density at radius 2 is 1.84 bits per heavy atom. The van der Waals surface area contributed by atoms with Gasteiger partial charge in [0.2, 0.25) is 15.9 Å². The molecular weight excluding hydrogens is 367 g/mol. The van der Waals surface area contributed by atoms with Crippen LogP contribution in [0.4, 0.5) is 10.1 Å². The number of rotatable bonds is 6. The Kier molecular flexibility index (Phi) is 6.16. The van der Waals surface area contributed by atoms with Crippen molar-refractivity contribution in [3.63, 3.8) is 0 Å². The van der Waals surface area contributed by atoms with Gasteiger partial charge in [0, 0.05) is 17.3 Å². The number of carbonyl (C=O) groups is 1. The number of nitrogens with one attached hydrogen (secondary N) is 1. The van der Waals surface area contributed by atoms with Crippen LogP contribution in [0.3, 0.4) is 0 Å². The second-order valence-electron chi connectivity index (χ2n) is 5.67. The van der Waals surface area contributed by atoms with E-state index in [4.69, 9.17) is 11.6 Å². The molecule has 0 radical (unpaired) electrons. The SMILES string of the molecule is Cc1ccc(NC(=O)CN(Cc2ccc(F)cc2)S(C)(=O)=O)cc1Cl. The van der Waals surface area contributed by atoms with Gasteiger partial charge in [-0.3, -0.25) is 4.79 Å². The van der Waals surface area contributed by atoms with Crippen LogP contribution in [-0.4, -0.2) is 31.4 Å². The van der Waals surface area contributed by atoms with E-state index in [1.807, 2.05) is 6.92 Å². The molecule has 2 aromatic carbocycles. The molecule has 25 heavy (non-hydrogen) atoms. The maximum atomic E-state index is 13.0. The third-order valence-electron chi connectivity index (χ3n) is 3.52. The molecule has 0 aliphatic carbocycles. The molecule has 0 unspecified atom stereocenters. The van der Waals surface area contributed by atoms with Crippen LogP contribution in [0.1, 0.15) is 11.1 Å². The van der Waals surface area contributed by atoms with Crippen molar-refractivity contribution in [1.29, 1.82) is 0 Å². The molecule has 0 heterocycles. The highest BCUT2D eigenvalue weighted by molar-refractivity contribution is 7.88. The molecule has 0 atom stereocenters. The van der Waals surface area contributed by atoms with E-state index in [0.29, 0.717) is 16.3 Å². The van der Waals surface area contributed by atoms with Gasteiger partial charge in [-0.2, -0.15) is 4.31 Å². The number of sulfonamides is 1. The number of aryl methyl sites for hydroxylation is 1. The van der Waals surface area contributed by atoms with Crippen LogP contribution in [0, 0.1) is 12.7 Å². The Morgan fingerprint density at radius 3 is 2.40 bits per heavy atom. The van der Waals surface area contributed by atoms with Crippen LogP contribution in [0.5, 0.6) is 0 Å². The second kappa shape index (κ2) is 7.95. The van der Waals surface area contributed by atoms with E-state index in [2.05, 4.69) is 5.32 Å². The largest absolute Gasteiger partial charge is 0.325 e. The normalized spacial score (nSPS) is 11.6. The fourth-order valence-electron chi connectivity index (χ4n) is 2.12. The molecule has 8 heteroatoms. The molecule has 2 rings (SSSR count). The van der Waals surface area contributed by atoms with Crippen LogP contribution in [0.2, 0.25) is 5.02 Å². The monoisotopic (exact) mass is 384 g/mol. The lowest BCUT2D eigenvalue weighted by molar-refractivity contribution is -0.116. The van der Waals surface area contributed by atoms with Crippen molar-refractivity contribution in [3.05, 3.63) is 64.4 Å². The third-order valence-corrected chi connectivity index (χ3v) is 5.12. The first-order chi connectivity index (χ1) is 11.6. The van der Waals surface area contributed by atoms with E-state index in [9.17, 15) is 17.6 Å². The van der Waals surface area contributed by atoms with Crippen molar-refractivity contribution in [1.82, 2.24) is 4.31 Å². The molecule has 0 fully saturated rings. The average Bonchev–Trinajstić information content (AvgIpc) is 2.51. The van der Waals surface area contributed by atoms with Crippen molar-refractivity contribution in [3.8, 4) is 0 Å². The van der Waals surface area contributed by atoms with Gasteiger partial charge in [-0.1, -0.05) is 29.8 Å². The summed E-state index contributed by atoms with van der Waals surface area (Å²) in [4.78, 5) is 12.2. The number of carbonyl (C=O) groups excluding carboxylic acids is 1. The predicted molar refractivity (Wildman–Crippen MR) is 96.5 cm³/mol. The highest BCUT2D eigenvalue weighted by atomic mass is 35.5. The molecule has 0 spiro atoms. The molecule has 0 bridgehead atoms. The van der Waals surface area contributed by atoms with Gasteiger partial charge in [0.25, 0.3) is 0 Å². The third kappa shape index (κ3) is 5.81. The summed E-state index contributed by atoms with van der Waals surface area (Å²) >= 11 is 6.01. The zero-order valence-corrected chi connectivity index (χ0v) is 15.4. The Bertz CT molecular complexity index is 870. The predicted octanol–water partition coefficient (Wildman–Crippen LogP) is 3.19. The summed E-state index contributed by atoms with van der Waals surface area (Å²) in [5, 5.41) is 3.12. The summed E-state index contributed by atoms with van der Waals surface area (Å²) in [5.41, 5.74) is 1.93. The summed E-state index contributed by atoms with van der Waals surface area (Å²) in [5.74, 6) is -0.906. The minimum atomic E-state index is -3.62. The number of benzene rings is 2. The molecule has 134 valence electrons.